The van der Waals surface area contributed by atoms with E-state index in [-0.39, 0.29) is 5.92 Å². The first-order chi connectivity index (χ1) is 12.7. The van der Waals surface area contributed by atoms with Crippen molar-refractivity contribution in [2.75, 3.05) is 20.8 Å². The summed E-state index contributed by atoms with van der Waals surface area (Å²) in [4.78, 5) is 15.3. The van der Waals surface area contributed by atoms with E-state index in [9.17, 15) is 4.79 Å². The van der Waals surface area contributed by atoms with Gasteiger partial charge < -0.3 is 14.4 Å². The van der Waals surface area contributed by atoms with Gasteiger partial charge >= 0.3 is 0 Å². The Morgan fingerprint density at radius 1 is 1.08 bits per heavy atom. The Bertz CT molecular complexity index is 861. The summed E-state index contributed by atoms with van der Waals surface area (Å²) in [5.74, 6) is 2.42. The van der Waals surface area contributed by atoms with Crippen LogP contribution in [0.15, 0.2) is 42.5 Å². The van der Waals surface area contributed by atoms with Gasteiger partial charge in [-0.1, -0.05) is 30.3 Å². The van der Waals surface area contributed by atoms with E-state index in [0.29, 0.717) is 11.8 Å². The number of carbonyl (C=O) groups excluding carboxylic acids is 1. The molecule has 1 amide bonds. The molecule has 0 unspecified atom stereocenters. The van der Waals surface area contributed by atoms with E-state index >= 15 is 0 Å². The van der Waals surface area contributed by atoms with Crippen LogP contribution in [0, 0.1) is 11.8 Å². The van der Waals surface area contributed by atoms with E-state index in [1.54, 1.807) is 14.2 Å². The highest BCUT2D eigenvalue weighted by Crippen LogP contribution is 2.63. The zero-order valence-electron chi connectivity index (χ0n) is 15.2. The molecule has 4 heteroatoms. The first-order valence-electron chi connectivity index (χ1n) is 9.34. The van der Waals surface area contributed by atoms with E-state index in [4.69, 9.17) is 9.47 Å². The lowest BCUT2D eigenvalue weighted by Gasteiger charge is -2.49. The topological polar surface area (TPSA) is 38.8 Å². The number of rotatable bonds is 3. The Kier molecular flexibility index (Phi) is 3.33. The van der Waals surface area contributed by atoms with E-state index < -0.39 is 5.54 Å². The molecule has 3 atom stereocenters. The molecule has 0 N–H and O–H groups in total. The molecule has 5 rings (SSSR count). The van der Waals surface area contributed by atoms with Crippen molar-refractivity contribution in [1.82, 2.24) is 4.90 Å². The van der Waals surface area contributed by atoms with Crippen LogP contribution in [0.4, 0.5) is 0 Å². The lowest BCUT2D eigenvalue weighted by atomic mass is 9.60. The van der Waals surface area contributed by atoms with Crippen LogP contribution < -0.4 is 9.47 Å². The maximum atomic E-state index is 13.2. The Hall–Kier alpha value is -2.49. The summed E-state index contributed by atoms with van der Waals surface area (Å²) < 4.78 is 11.3. The smallest absolute Gasteiger partial charge is 0.227 e. The molecular weight excluding hydrogens is 326 g/mol. The summed E-state index contributed by atoms with van der Waals surface area (Å²) in [5.41, 5.74) is 3.19. The molecule has 3 aliphatic rings. The van der Waals surface area contributed by atoms with Gasteiger partial charge in [-0.05, 0) is 36.5 Å². The average molecular weight is 349 g/mol. The number of hydrogen-bond acceptors (Lipinski definition) is 3. The molecule has 2 aromatic carbocycles. The second kappa shape index (κ2) is 5.50. The molecule has 0 radical (unpaired) electrons. The molecule has 2 heterocycles. The van der Waals surface area contributed by atoms with Crippen LogP contribution in [-0.4, -0.2) is 31.6 Å². The van der Waals surface area contributed by atoms with Crippen molar-refractivity contribution in [3.8, 4) is 11.5 Å². The quantitative estimate of drug-likeness (QED) is 0.853. The Balaban J connectivity index is 1.84. The van der Waals surface area contributed by atoms with E-state index in [2.05, 4.69) is 35.2 Å². The molecule has 1 saturated carbocycles. The van der Waals surface area contributed by atoms with Crippen LogP contribution in [0.3, 0.4) is 0 Å². The minimum Gasteiger partial charge on any atom is -0.497 e. The minimum atomic E-state index is -0.410. The highest BCUT2D eigenvalue weighted by atomic mass is 16.5. The minimum absolute atomic E-state index is 0.146. The summed E-state index contributed by atoms with van der Waals surface area (Å²) in [6.07, 6.45) is 2.92. The van der Waals surface area contributed by atoms with Crippen LogP contribution in [0.2, 0.25) is 0 Å². The Morgan fingerprint density at radius 3 is 2.54 bits per heavy atom. The van der Waals surface area contributed by atoms with Gasteiger partial charge in [-0.15, -0.1) is 0 Å². The largest absolute Gasteiger partial charge is 0.497 e. The normalized spacial score (nSPS) is 28.7. The highest BCUT2D eigenvalue weighted by molar-refractivity contribution is 5.87. The molecular formula is C22H23NO3. The highest BCUT2D eigenvalue weighted by Gasteiger charge is 2.65. The maximum absolute atomic E-state index is 13.2. The third-order valence-electron chi connectivity index (χ3n) is 6.63. The zero-order chi connectivity index (χ0) is 17.9. The SMILES string of the molecule is COc1cc2c(c(OC)c1)[C@@]1(c3ccccc3)[C@H]3CC[C@H]3C(=O)N1CC2. The van der Waals surface area contributed by atoms with Gasteiger partial charge in [0.05, 0.1) is 14.2 Å². The van der Waals surface area contributed by atoms with Gasteiger partial charge in [0.25, 0.3) is 0 Å². The molecule has 1 saturated heterocycles. The molecule has 0 bridgehead atoms. The Morgan fingerprint density at radius 2 is 1.88 bits per heavy atom. The molecule has 0 spiro atoms. The summed E-state index contributed by atoms with van der Waals surface area (Å²) >= 11 is 0. The summed E-state index contributed by atoms with van der Waals surface area (Å²) in [6, 6.07) is 14.6. The number of methoxy groups -OCH3 is 2. The number of ether oxygens (including phenoxy) is 2. The molecule has 2 aromatic rings. The number of nitrogens with zero attached hydrogens (tertiary/aromatic N) is 1. The summed E-state index contributed by atoms with van der Waals surface area (Å²) in [7, 11) is 3.39. The van der Waals surface area contributed by atoms with Crippen LogP contribution in [0.1, 0.15) is 29.5 Å². The fourth-order valence-corrected chi connectivity index (χ4v) is 5.47. The molecule has 134 valence electrons. The van der Waals surface area contributed by atoms with E-state index in [1.165, 1.54) is 16.7 Å². The van der Waals surface area contributed by atoms with Crippen molar-refractivity contribution >= 4 is 5.91 Å². The van der Waals surface area contributed by atoms with Crippen LogP contribution >= 0.6 is 0 Å². The zero-order valence-corrected chi connectivity index (χ0v) is 15.2. The number of hydrogen-bond donors (Lipinski definition) is 0. The van der Waals surface area contributed by atoms with Gasteiger partial charge in [-0.25, -0.2) is 0 Å². The van der Waals surface area contributed by atoms with Crippen molar-refractivity contribution in [1.29, 1.82) is 0 Å². The molecule has 2 aliphatic heterocycles. The summed E-state index contributed by atoms with van der Waals surface area (Å²) in [5, 5.41) is 0. The van der Waals surface area contributed by atoms with E-state index in [0.717, 1.165) is 37.3 Å². The van der Waals surface area contributed by atoms with Gasteiger partial charge in [-0.3, -0.25) is 4.79 Å². The second-order valence-electron chi connectivity index (χ2n) is 7.53. The van der Waals surface area contributed by atoms with E-state index in [1.807, 2.05) is 12.1 Å². The summed E-state index contributed by atoms with van der Waals surface area (Å²) in [6.45, 7) is 0.754. The van der Waals surface area contributed by atoms with Gasteiger partial charge in [0.1, 0.15) is 17.0 Å². The van der Waals surface area contributed by atoms with Crippen LogP contribution in [0.25, 0.3) is 0 Å². The molecule has 1 aliphatic carbocycles. The van der Waals surface area contributed by atoms with Gasteiger partial charge in [-0.2, -0.15) is 0 Å². The standard InChI is InChI=1S/C22H23NO3/c1-25-16-12-14-10-11-23-21(24)17-8-9-18(17)22(23,15-6-4-3-5-7-15)20(14)19(13-16)26-2/h3-7,12-13,17-18H,8-11H2,1-2H3/t17-,18+,22-/m1/s1. The van der Waals surface area contributed by atoms with Crippen molar-refractivity contribution < 1.29 is 14.3 Å². The monoisotopic (exact) mass is 349 g/mol. The molecule has 4 nitrogen and oxygen atoms in total. The fraction of sp³-hybridized carbons (Fsp3) is 0.409. The number of carbonyl (C=O) groups is 1. The third kappa shape index (κ3) is 1.77. The molecule has 26 heavy (non-hydrogen) atoms. The van der Waals surface area contributed by atoms with Crippen molar-refractivity contribution in [3.63, 3.8) is 0 Å². The second-order valence-corrected chi connectivity index (χ2v) is 7.53. The number of benzene rings is 2. The first kappa shape index (κ1) is 15.7. The predicted octanol–water partition coefficient (Wildman–Crippen LogP) is 3.37. The van der Waals surface area contributed by atoms with Crippen molar-refractivity contribution in [3.05, 3.63) is 59.2 Å². The van der Waals surface area contributed by atoms with Gasteiger partial charge in [0.15, 0.2) is 0 Å². The number of amides is 1. The molecule has 0 aromatic heterocycles. The fourth-order valence-electron chi connectivity index (χ4n) is 5.47. The average Bonchev–Trinajstić information content (AvgIpc) is 2.83. The molecule has 2 fully saturated rings. The Labute approximate surface area is 153 Å². The number of fused-ring (bicyclic) bond motifs is 5. The predicted molar refractivity (Wildman–Crippen MR) is 98.4 cm³/mol. The van der Waals surface area contributed by atoms with Crippen molar-refractivity contribution in [2.45, 2.75) is 24.8 Å². The third-order valence-corrected chi connectivity index (χ3v) is 6.63. The lowest BCUT2D eigenvalue weighted by molar-refractivity contribution is -0.134. The first-order valence-corrected chi connectivity index (χ1v) is 9.34. The van der Waals surface area contributed by atoms with Crippen LogP contribution in [0.5, 0.6) is 11.5 Å². The van der Waals surface area contributed by atoms with Crippen molar-refractivity contribution in [2.24, 2.45) is 11.8 Å². The van der Waals surface area contributed by atoms with Gasteiger partial charge in [0, 0.05) is 30.0 Å². The lowest BCUT2D eigenvalue weighted by Crippen LogP contribution is -2.52. The van der Waals surface area contributed by atoms with Gasteiger partial charge in [0.2, 0.25) is 5.91 Å². The maximum Gasteiger partial charge on any atom is 0.227 e. The van der Waals surface area contributed by atoms with Crippen LogP contribution in [-0.2, 0) is 16.8 Å².